The summed E-state index contributed by atoms with van der Waals surface area (Å²) in [4.78, 5) is 136. The summed E-state index contributed by atoms with van der Waals surface area (Å²) in [5.41, 5.74) is 32.5. The molecule has 79 heavy (non-hydrogen) atoms. The molecule has 0 aliphatic heterocycles. The molecular weight excluding hydrogens is 1040 g/mol. The van der Waals surface area contributed by atoms with E-state index in [1.807, 2.05) is 0 Å². The summed E-state index contributed by atoms with van der Waals surface area (Å²) in [5.74, 6) is -8.43. The maximum atomic E-state index is 14.0. The Hall–Kier alpha value is -9.98. The van der Waals surface area contributed by atoms with Gasteiger partial charge >= 0.3 is 0 Å². The smallest absolute Gasteiger partial charge is 0.299 e. The maximum Gasteiger partial charge on any atom is 0.299 e. The maximum absolute atomic E-state index is 14.0. The number of nitrogens with zero attached hydrogens (tertiary/aromatic N) is 4. The molecule has 3 aromatic carbocycles. The van der Waals surface area contributed by atoms with Crippen LogP contribution in [0.25, 0.3) is 0 Å². The number of guanidine groups is 2. The molecule has 0 bridgehead atoms. The number of nitrogens with one attached hydrogen (secondary N) is 8. The summed E-state index contributed by atoms with van der Waals surface area (Å²) >= 11 is 0. The number of nitrogens with two attached hydrogens (primary N) is 6. The highest BCUT2D eigenvalue weighted by atomic mass is 16.6. The van der Waals surface area contributed by atoms with Crippen LogP contribution in [0.4, 0.5) is 22.7 Å². The number of rotatable bonds is 33. The van der Waals surface area contributed by atoms with E-state index < -0.39 is 131 Å². The van der Waals surface area contributed by atoms with Gasteiger partial charge in [-0.15, -0.1) is 0 Å². The van der Waals surface area contributed by atoms with E-state index in [0.29, 0.717) is 11.6 Å². The van der Waals surface area contributed by atoms with Gasteiger partial charge < -0.3 is 87.1 Å². The third-order valence-electron chi connectivity index (χ3n) is 11.1. The zero-order valence-electron chi connectivity index (χ0n) is 42.4. The molecule has 3 rings (SSSR count). The number of aliphatic hydroxyl groups excluding tert-OH is 2. The second-order valence-electron chi connectivity index (χ2n) is 17.1. The van der Waals surface area contributed by atoms with Crippen LogP contribution in [0, 0.1) is 20.2 Å². The summed E-state index contributed by atoms with van der Waals surface area (Å²) in [7, 11) is 0. The number of carbonyl (C=O) groups is 8. The number of aliphatic imine (C=N–C) groups is 2. The van der Waals surface area contributed by atoms with Gasteiger partial charge in [0.2, 0.25) is 41.4 Å². The zero-order valence-corrected chi connectivity index (χ0v) is 42.4. The molecule has 3 aromatic rings. The number of para-hydroxylation sites is 1. The molecule has 0 spiro atoms. The second kappa shape index (κ2) is 32.5. The Morgan fingerprint density at radius 1 is 0.570 bits per heavy atom. The standard InChI is InChI=1S/C47H64N18O14/c48-29-11-5-4-10-28(29)39(69)61-34(22-26-8-2-1-3-9-26)43(73)58-32(13-7-19-57-47(52)53)42(72)62-36(25-67)45(75)63-35(24-66)44(74)59-31(12-6-18-56-46(50)51)41(71)60-33(16-17-38(49)68)40(70)55-21-20-54-30-15-14-27(64(76)77)23-37(30)65(78)79/h1-5,8-11,14-15,20-21,23,31-36,54,66-67H,6-7,12-13,16-19,22,24-25,48H2,(H2,49,68)(H,55,70)(H,58,73)(H,59,74)(H,60,71)(H,61,69)(H,62,72)(H,63,75)(H4,50,51,56)(H4,52,53,57)/b21-20+/t31-,32-,33-,34-,35-,36-/m0/s1. The summed E-state index contributed by atoms with van der Waals surface area (Å²) in [6, 6.07) is 7.87. The molecular formula is C47H64N18O14. The van der Waals surface area contributed by atoms with Crippen LogP contribution in [0.5, 0.6) is 0 Å². The van der Waals surface area contributed by atoms with E-state index in [4.69, 9.17) is 34.4 Å². The normalized spacial score (nSPS) is 13.0. The van der Waals surface area contributed by atoms with E-state index in [1.54, 1.807) is 42.5 Å². The molecule has 32 nitrogen and oxygen atoms in total. The van der Waals surface area contributed by atoms with Gasteiger partial charge in [-0.2, -0.15) is 0 Å². The van der Waals surface area contributed by atoms with Gasteiger partial charge in [0, 0.05) is 50.1 Å². The fraction of sp³-hybridized carbons (Fsp3) is 0.362. The van der Waals surface area contributed by atoms with Crippen LogP contribution in [-0.4, -0.2) is 142 Å². The Bertz CT molecular complexity index is 2740. The first-order valence-corrected chi connectivity index (χ1v) is 24.0. The van der Waals surface area contributed by atoms with Crippen molar-refractivity contribution in [3.05, 3.63) is 117 Å². The Balaban J connectivity index is 1.81. The number of anilines is 2. The highest BCUT2D eigenvalue weighted by Gasteiger charge is 2.34. The van der Waals surface area contributed by atoms with Gasteiger partial charge in [-0.1, -0.05) is 42.5 Å². The Labute approximate surface area is 450 Å². The first-order chi connectivity index (χ1) is 37.5. The first kappa shape index (κ1) is 63.3. The van der Waals surface area contributed by atoms with E-state index in [2.05, 4.69) is 52.5 Å². The highest BCUT2D eigenvalue weighted by Crippen LogP contribution is 2.29. The molecule has 6 atom stereocenters. The Kier molecular flexibility index (Phi) is 26.0. The monoisotopic (exact) mass is 1100 g/mol. The fourth-order valence-electron chi connectivity index (χ4n) is 7.11. The number of amides is 8. The van der Waals surface area contributed by atoms with Crippen molar-refractivity contribution < 1.29 is 58.4 Å². The van der Waals surface area contributed by atoms with Gasteiger partial charge in [0.05, 0.1) is 34.7 Å². The van der Waals surface area contributed by atoms with E-state index in [-0.39, 0.29) is 74.1 Å². The molecule has 22 N–H and O–H groups in total. The number of benzene rings is 3. The van der Waals surface area contributed by atoms with Gasteiger partial charge in [-0.3, -0.25) is 68.6 Å². The molecule has 0 fully saturated rings. The van der Waals surface area contributed by atoms with Gasteiger partial charge in [0.25, 0.3) is 17.3 Å². The number of non-ortho nitro benzene ring substituents is 1. The molecule has 0 aliphatic carbocycles. The van der Waals surface area contributed by atoms with Crippen LogP contribution in [0.2, 0.25) is 0 Å². The van der Waals surface area contributed by atoms with Crippen molar-refractivity contribution in [3.8, 4) is 0 Å². The number of aliphatic hydroxyl groups is 2. The third kappa shape index (κ3) is 22.0. The molecule has 0 saturated carbocycles. The molecule has 0 saturated heterocycles. The third-order valence-corrected chi connectivity index (χ3v) is 11.1. The van der Waals surface area contributed by atoms with Crippen molar-refractivity contribution >= 4 is 81.9 Å². The molecule has 0 unspecified atom stereocenters. The number of hydrogen-bond donors (Lipinski definition) is 16. The van der Waals surface area contributed by atoms with Gasteiger partial charge in [0.15, 0.2) is 11.9 Å². The number of hydrogen-bond acceptors (Lipinski definition) is 18. The predicted octanol–water partition coefficient (Wildman–Crippen LogP) is -4.09. The molecule has 0 heterocycles. The summed E-state index contributed by atoms with van der Waals surface area (Å²) in [6.45, 7) is -2.29. The van der Waals surface area contributed by atoms with Crippen LogP contribution in [0.1, 0.15) is 54.4 Å². The lowest BCUT2D eigenvalue weighted by molar-refractivity contribution is -0.393. The summed E-state index contributed by atoms with van der Waals surface area (Å²) in [5, 5.41) is 62.5. The minimum absolute atomic E-state index is 0.00988. The van der Waals surface area contributed by atoms with Crippen molar-refractivity contribution in [1.29, 1.82) is 0 Å². The molecule has 32 heteroatoms. The summed E-state index contributed by atoms with van der Waals surface area (Å²) < 4.78 is 0. The lowest BCUT2D eigenvalue weighted by atomic mass is 10.0. The molecule has 0 aliphatic rings. The molecule has 0 radical (unpaired) electrons. The number of nitro groups is 2. The van der Waals surface area contributed by atoms with Gasteiger partial charge in [0.1, 0.15) is 41.9 Å². The molecule has 0 aromatic heterocycles. The number of carbonyl (C=O) groups excluding carboxylic acids is 8. The van der Waals surface area contributed by atoms with Crippen LogP contribution in [-0.2, 0) is 40.0 Å². The van der Waals surface area contributed by atoms with Crippen molar-refractivity contribution in [2.45, 2.75) is 81.2 Å². The quantitative estimate of drug-likeness (QED) is 0.00688. The minimum atomic E-state index is -1.87. The number of primary amides is 1. The van der Waals surface area contributed by atoms with Crippen molar-refractivity contribution in [1.82, 2.24) is 37.2 Å². The SMILES string of the molecule is NC(=O)CC[C@H](NC(=O)[C@H](CCCN=C(N)N)NC(=O)[C@H](CO)NC(=O)[C@H](CO)NC(=O)[C@H](CCCN=C(N)N)NC(=O)[C@H](Cc1ccccc1)NC(=O)c1ccccc1N)C(=O)N/C=C/Nc1ccc([N+](=O)[O-])cc1[N+](=O)[O-]. The molecule has 426 valence electrons. The van der Waals surface area contributed by atoms with Crippen molar-refractivity contribution in [2.24, 2.45) is 38.7 Å². The minimum Gasteiger partial charge on any atom is -0.398 e. The second-order valence-corrected chi connectivity index (χ2v) is 17.1. The lowest BCUT2D eigenvalue weighted by Gasteiger charge is -2.26. The fourth-order valence-corrected chi connectivity index (χ4v) is 7.11. The van der Waals surface area contributed by atoms with Gasteiger partial charge in [-0.05, 0) is 55.9 Å². The topological polar surface area (TPSA) is 540 Å². The van der Waals surface area contributed by atoms with Gasteiger partial charge in [-0.25, -0.2) is 0 Å². The van der Waals surface area contributed by atoms with Crippen molar-refractivity contribution in [2.75, 3.05) is 37.4 Å². The first-order valence-electron chi connectivity index (χ1n) is 24.0. The van der Waals surface area contributed by atoms with Crippen LogP contribution in [0.3, 0.4) is 0 Å². The predicted molar refractivity (Wildman–Crippen MR) is 285 cm³/mol. The zero-order chi connectivity index (χ0) is 58.6. The number of nitrogen functional groups attached to an aromatic ring is 1. The largest absolute Gasteiger partial charge is 0.398 e. The Morgan fingerprint density at radius 2 is 1.05 bits per heavy atom. The van der Waals surface area contributed by atoms with Crippen LogP contribution < -0.4 is 76.9 Å². The highest BCUT2D eigenvalue weighted by molar-refractivity contribution is 6.02. The Morgan fingerprint density at radius 3 is 1.53 bits per heavy atom. The lowest BCUT2D eigenvalue weighted by Crippen LogP contribution is -2.61. The van der Waals surface area contributed by atoms with E-state index in [0.717, 1.165) is 24.5 Å². The van der Waals surface area contributed by atoms with E-state index in [9.17, 15) is 68.8 Å². The summed E-state index contributed by atoms with van der Waals surface area (Å²) in [6.07, 6.45) is 0.787. The van der Waals surface area contributed by atoms with Crippen molar-refractivity contribution in [3.63, 3.8) is 0 Å². The average Bonchev–Trinajstić information content (AvgIpc) is 3.40. The van der Waals surface area contributed by atoms with Crippen LogP contribution >= 0.6 is 0 Å². The average molecular weight is 1110 g/mol. The van der Waals surface area contributed by atoms with Crippen LogP contribution in [0.15, 0.2) is 95.2 Å². The van der Waals surface area contributed by atoms with E-state index in [1.165, 1.54) is 12.1 Å². The molecule has 8 amide bonds. The number of nitro benzene ring substituents is 2. The van der Waals surface area contributed by atoms with E-state index >= 15 is 0 Å².